The fraction of sp³-hybridized carbons (Fsp3) is 0.429. The molecule has 0 N–H and O–H groups in total. The maximum absolute atomic E-state index is 5.46. The normalized spacial score (nSPS) is 16.2. The molecular formula is C21H27NO4. The van der Waals surface area contributed by atoms with Crippen molar-refractivity contribution in [2.75, 3.05) is 47.6 Å². The van der Waals surface area contributed by atoms with Gasteiger partial charge in [-0.15, -0.1) is 0 Å². The molecule has 5 heteroatoms. The molecular weight excluding hydrogens is 330 g/mol. The Morgan fingerprint density at radius 2 is 1.42 bits per heavy atom. The van der Waals surface area contributed by atoms with Crippen LogP contribution in [0.3, 0.4) is 0 Å². The summed E-state index contributed by atoms with van der Waals surface area (Å²) in [5.74, 6) is 1.93. The minimum atomic E-state index is 0.382. The second-order valence-corrected chi connectivity index (χ2v) is 6.36. The molecule has 0 bridgehead atoms. The molecule has 0 aromatic heterocycles. The van der Waals surface area contributed by atoms with E-state index in [9.17, 15) is 0 Å². The fourth-order valence-electron chi connectivity index (χ4n) is 3.38. The summed E-state index contributed by atoms with van der Waals surface area (Å²) in [6.07, 6.45) is 0. The van der Waals surface area contributed by atoms with Gasteiger partial charge in [-0.2, -0.15) is 0 Å². The highest BCUT2D eigenvalue weighted by Crippen LogP contribution is 2.41. The second-order valence-electron chi connectivity index (χ2n) is 6.36. The Hall–Kier alpha value is -2.24. The predicted molar refractivity (Wildman–Crippen MR) is 102 cm³/mol. The first-order valence-electron chi connectivity index (χ1n) is 8.90. The highest BCUT2D eigenvalue weighted by Gasteiger charge is 2.19. The lowest BCUT2D eigenvalue weighted by Gasteiger charge is -2.32. The van der Waals surface area contributed by atoms with Crippen LogP contribution in [0.5, 0.6) is 17.2 Å². The van der Waals surface area contributed by atoms with Gasteiger partial charge < -0.3 is 18.9 Å². The van der Waals surface area contributed by atoms with E-state index in [1.165, 1.54) is 5.56 Å². The molecule has 0 aliphatic carbocycles. The summed E-state index contributed by atoms with van der Waals surface area (Å²) in [6, 6.07) is 13.0. The highest BCUT2D eigenvalue weighted by atomic mass is 16.5. The van der Waals surface area contributed by atoms with Crippen molar-refractivity contribution < 1.29 is 18.9 Å². The molecule has 1 unspecified atom stereocenters. The van der Waals surface area contributed by atoms with Gasteiger partial charge in [-0.1, -0.05) is 24.3 Å². The summed E-state index contributed by atoms with van der Waals surface area (Å²) in [5, 5.41) is 0. The standard InChI is InChI=1S/C21H27NO4/c1-15(22-9-11-26-12-10-22)16-5-7-17(8-6-16)18-13-19(23-2)21(25-4)20(14-18)24-3/h5-8,13-15H,9-12H2,1-4H3. The third kappa shape index (κ3) is 3.79. The third-order valence-electron chi connectivity index (χ3n) is 4.98. The quantitative estimate of drug-likeness (QED) is 0.787. The second kappa shape index (κ2) is 8.43. The van der Waals surface area contributed by atoms with E-state index < -0.39 is 0 Å². The molecule has 140 valence electrons. The summed E-state index contributed by atoms with van der Waals surface area (Å²) in [4.78, 5) is 2.46. The Balaban J connectivity index is 1.86. The predicted octanol–water partition coefficient (Wildman–Crippen LogP) is 3.77. The topological polar surface area (TPSA) is 40.2 Å². The Kier molecular flexibility index (Phi) is 6.01. The van der Waals surface area contributed by atoms with Crippen molar-refractivity contribution in [3.05, 3.63) is 42.0 Å². The van der Waals surface area contributed by atoms with Gasteiger partial charge in [0.1, 0.15) is 0 Å². The minimum Gasteiger partial charge on any atom is -0.493 e. The minimum absolute atomic E-state index is 0.382. The van der Waals surface area contributed by atoms with E-state index in [0.717, 1.165) is 37.4 Å². The number of benzene rings is 2. The van der Waals surface area contributed by atoms with Gasteiger partial charge in [0, 0.05) is 19.1 Å². The van der Waals surface area contributed by atoms with Crippen molar-refractivity contribution in [2.24, 2.45) is 0 Å². The summed E-state index contributed by atoms with van der Waals surface area (Å²) in [6.45, 7) is 5.84. The van der Waals surface area contributed by atoms with Gasteiger partial charge in [0.15, 0.2) is 11.5 Å². The summed E-state index contributed by atoms with van der Waals surface area (Å²) in [5.41, 5.74) is 3.45. The van der Waals surface area contributed by atoms with Crippen molar-refractivity contribution in [2.45, 2.75) is 13.0 Å². The van der Waals surface area contributed by atoms with Gasteiger partial charge in [-0.3, -0.25) is 4.90 Å². The maximum atomic E-state index is 5.46. The lowest BCUT2D eigenvalue weighted by Crippen LogP contribution is -2.37. The number of rotatable bonds is 6. The number of ether oxygens (including phenoxy) is 4. The van der Waals surface area contributed by atoms with Crippen molar-refractivity contribution in [3.63, 3.8) is 0 Å². The third-order valence-corrected chi connectivity index (χ3v) is 4.98. The first-order valence-corrected chi connectivity index (χ1v) is 8.90. The van der Waals surface area contributed by atoms with E-state index in [1.807, 2.05) is 12.1 Å². The summed E-state index contributed by atoms with van der Waals surface area (Å²) < 4.78 is 21.8. The lowest BCUT2D eigenvalue weighted by molar-refractivity contribution is 0.0198. The molecule has 26 heavy (non-hydrogen) atoms. The number of hydrogen-bond acceptors (Lipinski definition) is 5. The van der Waals surface area contributed by atoms with Crippen LogP contribution in [0.1, 0.15) is 18.5 Å². The van der Waals surface area contributed by atoms with E-state index >= 15 is 0 Å². The number of morpholine rings is 1. The van der Waals surface area contributed by atoms with Gasteiger partial charge in [-0.05, 0) is 35.7 Å². The van der Waals surface area contributed by atoms with Gasteiger partial charge in [0.05, 0.1) is 34.5 Å². The van der Waals surface area contributed by atoms with E-state index in [1.54, 1.807) is 21.3 Å². The lowest BCUT2D eigenvalue weighted by atomic mass is 10.00. The van der Waals surface area contributed by atoms with Crippen LogP contribution in [-0.2, 0) is 4.74 Å². The monoisotopic (exact) mass is 357 g/mol. The van der Waals surface area contributed by atoms with E-state index in [4.69, 9.17) is 18.9 Å². The molecule has 5 nitrogen and oxygen atoms in total. The van der Waals surface area contributed by atoms with Crippen LogP contribution < -0.4 is 14.2 Å². The van der Waals surface area contributed by atoms with Gasteiger partial charge >= 0.3 is 0 Å². The first kappa shape index (κ1) is 18.5. The van der Waals surface area contributed by atoms with Crippen molar-refractivity contribution in [1.82, 2.24) is 4.90 Å². The first-order chi connectivity index (χ1) is 12.7. The fourth-order valence-corrected chi connectivity index (χ4v) is 3.38. The number of nitrogens with zero attached hydrogens (tertiary/aromatic N) is 1. The SMILES string of the molecule is COc1cc(-c2ccc(C(C)N3CCOCC3)cc2)cc(OC)c1OC. The Bertz CT molecular complexity index is 698. The molecule has 3 rings (SSSR count). The molecule has 1 aliphatic heterocycles. The van der Waals surface area contributed by atoms with E-state index in [2.05, 4.69) is 36.1 Å². The molecule has 0 radical (unpaired) electrons. The van der Waals surface area contributed by atoms with Crippen LogP contribution >= 0.6 is 0 Å². The van der Waals surface area contributed by atoms with E-state index in [0.29, 0.717) is 23.3 Å². The van der Waals surface area contributed by atoms with Crippen molar-refractivity contribution >= 4 is 0 Å². The smallest absolute Gasteiger partial charge is 0.203 e. The molecule has 0 saturated carbocycles. The van der Waals surface area contributed by atoms with Crippen molar-refractivity contribution in [3.8, 4) is 28.4 Å². The average molecular weight is 357 g/mol. The number of hydrogen-bond donors (Lipinski definition) is 0. The largest absolute Gasteiger partial charge is 0.493 e. The molecule has 1 fully saturated rings. The summed E-state index contributed by atoms with van der Waals surface area (Å²) in [7, 11) is 4.88. The van der Waals surface area contributed by atoms with Crippen LogP contribution in [-0.4, -0.2) is 52.5 Å². The van der Waals surface area contributed by atoms with Gasteiger partial charge in [0.25, 0.3) is 0 Å². The van der Waals surface area contributed by atoms with Crippen LogP contribution in [0.2, 0.25) is 0 Å². The van der Waals surface area contributed by atoms with Crippen LogP contribution in [0.15, 0.2) is 36.4 Å². The molecule has 1 atom stereocenters. The Morgan fingerprint density at radius 1 is 0.846 bits per heavy atom. The molecule has 2 aromatic carbocycles. The molecule has 2 aromatic rings. The van der Waals surface area contributed by atoms with Crippen LogP contribution in [0, 0.1) is 0 Å². The molecule has 1 heterocycles. The van der Waals surface area contributed by atoms with Crippen LogP contribution in [0.25, 0.3) is 11.1 Å². The van der Waals surface area contributed by atoms with Gasteiger partial charge in [-0.25, -0.2) is 0 Å². The molecule has 1 aliphatic rings. The highest BCUT2D eigenvalue weighted by molar-refractivity contribution is 5.71. The zero-order chi connectivity index (χ0) is 18.5. The van der Waals surface area contributed by atoms with Crippen molar-refractivity contribution in [1.29, 1.82) is 0 Å². The number of methoxy groups -OCH3 is 3. The zero-order valence-electron chi connectivity index (χ0n) is 16.0. The Labute approximate surface area is 155 Å². The maximum Gasteiger partial charge on any atom is 0.203 e. The van der Waals surface area contributed by atoms with E-state index in [-0.39, 0.29) is 0 Å². The summed E-state index contributed by atoms with van der Waals surface area (Å²) >= 11 is 0. The molecule has 1 saturated heterocycles. The van der Waals surface area contributed by atoms with Crippen LogP contribution in [0.4, 0.5) is 0 Å². The zero-order valence-corrected chi connectivity index (χ0v) is 16.0. The Morgan fingerprint density at radius 3 is 1.92 bits per heavy atom. The molecule has 0 amide bonds. The molecule has 0 spiro atoms. The average Bonchev–Trinajstić information content (AvgIpc) is 2.72. The van der Waals surface area contributed by atoms with Gasteiger partial charge in [0.2, 0.25) is 5.75 Å².